The van der Waals surface area contributed by atoms with Gasteiger partial charge in [-0.3, -0.25) is 4.68 Å². The lowest BCUT2D eigenvalue weighted by molar-refractivity contribution is 0.746. The van der Waals surface area contributed by atoms with Gasteiger partial charge in [0.25, 0.3) is 0 Å². The van der Waals surface area contributed by atoms with Gasteiger partial charge in [-0.2, -0.15) is 5.10 Å². The second-order valence-corrected chi connectivity index (χ2v) is 4.44. The van der Waals surface area contributed by atoms with Gasteiger partial charge in [0.05, 0.1) is 16.7 Å². The van der Waals surface area contributed by atoms with Crippen molar-refractivity contribution in [3.05, 3.63) is 47.0 Å². The molecule has 0 aliphatic heterocycles. The van der Waals surface area contributed by atoms with Crippen LogP contribution in [0.25, 0.3) is 11.0 Å². The number of hydrogen-bond donors (Lipinski definition) is 1. The maximum absolute atomic E-state index is 5.93. The first-order chi connectivity index (χ1) is 8.20. The molecule has 0 amide bonds. The molecule has 0 spiro atoms. The van der Waals surface area contributed by atoms with E-state index in [1.807, 2.05) is 37.5 Å². The van der Waals surface area contributed by atoms with Crippen molar-refractivity contribution >= 4 is 22.6 Å². The molecule has 2 aromatic heterocycles. The van der Waals surface area contributed by atoms with E-state index in [0.717, 1.165) is 22.6 Å². The summed E-state index contributed by atoms with van der Waals surface area (Å²) < 4.78 is 1.79. The third kappa shape index (κ3) is 2.03. The van der Waals surface area contributed by atoms with Crippen LogP contribution in [0.15, 0.2) is 30.5 Å². The molecule has 0 fully saturated rings. The van der Waals surface area contributed by atoms with Crippen LogP contribution in [0, 0.1) is 0 Å². The van der Waals surface area contributed by atoms with Crippen molar-refractivity contribution in [2.75, 3.05) is 0 Å². The molecule has 2 heterocycles. The Balaban J connectivity index is 1.95. The standard InChI is InChI=1S/C12H11ClN4/c1-17-5-4-9(16-17)7-12-14-10-3-2-8(13)6-11(10)15-12/h2-6H,7H2,1H3,(H,14,15). The number of rotatable bonds is 2. The molecule has 0 saturated carbocycles. The lowest BCUT2D eigenvalue weighted by Gasteiger charge is -1.91. The van der Waals surface area contributed by atoms with E-state index < -0.39 is 0 Å². The second kappa shape index (κ2) is 3.89. The minimum absolute atomic E-state index is 0.702. The predicted molar refractivity (Wildman–Crippen MR) is 67.1 cm³/mol. The van der Waals surface area contributed by atoms with Gasteiger partial charge in [0.1, 0.15) is 5.82 Å². The summed E-state index contributed by atoms with van der Waals surface area (Å²) in [5.41, 5.74) is 2.89. The molecule has 3 rings (SSSR count). The minimum Gasteiger partial charge on any atom is -0.342 e. The number of halogens is 1. The van der Waals surface area contributed by atoms with Crippen molar-refractivity contribution in [1.29, 1.82) is 0 Å². The Morgan fingerprint density at radius 1 is 1.35 bits per heavy atom. The lowest BCUT2D eigenvalue weighted by atomic mass is 10.3. The van der Waals surface area contributed by atoms with Crippen LogP contribution >= 0.6 is 11.6 Å². The number of H-pyrrole nitrogens is 1. The van der Waals surface area contributed by atoms with Crippen molar-refractivity contribution in [3.63, 3.8) is 0 Å². The van der Waals surface area contributed by atoms with Crippen LogP contribution in [0.4, 0.5) is 0 Å². The smallest absolute Gasteiger partial charge is 0.113 e. The maximum atomic E-state index is 5.93. The summed E-state index contributed by atoms with van der Waals surface area (Å²) in [6.45, 7) is 0. The van der Waals surface area contributed by atoms with Gasteiger partial charge in [0.2, 0.25) is 0 Å². The van der Waals surface area contributed by atoms with E-state index >= 15 is 0 Å². The molecular weight excluding hydrogens is 236 g/mol. The Labute approximate surface area is 103 Å². The molecule has 3 aromatic rings. The zero-order valence-electron chi connectivity index (χ0n) is 9.31. The van der Waals surface area contributed by atoms with Gasteiger partial charge < -0.3 is 4.98 Å². The third-order valence-electron chi connectivity index (χ3n) is 2.61. The average molecular weight is 247 g/mol. The molecule has 17 heavy (non-hydrogen) atoms. The number of nitrogens with one attached hydrogen (secondary N) is 1. The summed E-state index contributed by atoms with van der Waals surface area (Å²) in [4.78, 5) is 7.74. The van der Waals surface area contributed by atoms with E-state index in [9.17, 15) is 0 Å². The Hall–Kier alpha value is -1.81. The van der Waals surface area contributed by atoms with Crippen molar-refractivity contribution in [3.8, 4) is 0 Å². The summed E-state index contributed by atoms with van der Waals surface area (Å²) in [5, 5.41) is 5.04. The molecule has 0 atom stereocenters. The molecule has 0 aliphatic rings. The zero-order valence-corrected chi connectivity index (χ0v) is 10.1. The molecule has 0 radical (unpaired) electrons. The fraction of sp³-hybridized carbons (Fsp3) is 0.167. The Morgan fingerprint density at radius 2 is 2.24 bits per heavy atom. The molecule has 0 unspecified atom stereocenters. The van der Waals surface area contributed by atoms with Gasteiger partial charge >= 0.3 is 0 Å². The molecule has 1 aromatic carbocycles. The highest BCUT2D eigenvalue weighted by atomic mass is 35.5. The molecule has 0 bridgehead atoms. The fourth-order valence-electron chi connectivity index (χ4n) is 1.85. The Morgan fingerprint density at radius 3 is 3.00 bits per heavy atom. The zero-order chi connectivity index (χ0) is 11.8. The SMILES string of the molecule is Cn1ccc(Cc2nc3ccc(Cl)cc3[nH]2)n1. The number of aryl methyl sites for hydroxylation is 1. The molecule has 4 nitrogen and oxygen atoms in total. The van der Waals surface area contributed by atoms with Gasteiger partial charge in [0.15, 0.2) is 0 Å². The summed E-state index contributed by atoms with van der Waals surface area (Å²) >= 11 is 5.93. The summed E-state index contributed by atoms with van der Waals surface area (Å²) in [6, 6.07) is 7.62. The first-order valence-corrected chi connectivity index (χ1v) is 5.71. The van der Waals surface area contributed by atoms with E-state index in [-0.39, 0.29) is 0 Å². The van der Waals surface area contributed by atoms with Crippen LogP contribution in [0.1, 0.15) is 11.5 Å². The van der Waals surface area contributed by atoms with Crippen LogP contribution in [0.2, 0.25) is 5.02 Å². The van der Waals surface area contributed by atoms with E-state index in [0.29, 0.717) is 11.4 Å². The Kier molecular flexibility index (Phi) is 2.37. The minimum atomic E-state index is 0.702. The quantitative estimate of drug-likeness (QED) is 0.755. The highest BCUT2D eigenvalue weighted by Crippen LogP contribution is 2.18. The highest BCUT2D eigenvalue weighted by Gasteiger charge is 2.05. The van der Waals surface area contributed by atoms with Crippen LogP contribution in [0.3, 0.4) is 0 Å². The molecule has 1 N–H and O–H groups in total. The summed E-state index contributed by atoms with van der Waals surface area (Å²) in [6.07, 6.45) is 2.63. The predicted octanol–water partition coefficient (Wildman–Crippen LogP) is 2.54. The number of aromatic amines is 1. The van der Waals surface area contributed by atoms with Crippen LogP contribution in [0.5, 0.6) is 0 Å². The van der Waals surface area contributed by atoms with E-state index in [1.54, 1.807) is 4.68 Å². The van der Waals surface area contributed by atoms with Gasteiger partial charge in [-0.05, 0) is 24.3 Å². The third-order valence-corrected chi connectivity index (χ3v) is 2.85. The van der Waals surface area contributed by atoms with Crippen molar-refractivity contribution < 1.29 is 0 Å². The fourth-order valence-corrected chi connectivity index (χ4v) is 2.02. The summed E-state index contributed by atoms with van der Waals surface area (Å²) in [7, 11) is 1.90. The highest BCUT2D eigenvalue weighted by molar-refractivity contribution is 6.31. The van der Waals surface area contributed by atoms with Gasteiger partial charge in [-0.15, -0.1) is 0 Å². The van der Waals surface area contributed by atoms with Gasteiger partial charge in [-0.1, -0.05) is 11.6 Å². The average Bonchev–Trinajstić information content (AvgIpc) is 2.84. The molecule has 0 aliphatic carbocycles. The molecule has 5 heteroatoms. The molecular formula is C12H11ClN4. The second-order valence-electron chi connectivity index (χ2n) is 4.00. The van der Waals surface area contributed by atoms with E-state index in [2.05, 4.69) is 15.1 Å². The van der Waals surface area contributed by atoms with E-state index in [1.165, 1.54) is 0 Å². The van der Waals surface area contributed by atoms with Crippen molar-refractivity contribution in [2.45, 2.75) is 6.42 Å². The number of hydrogen-bond acceptors (Lipinski definition) is 2. The van der Waals surface area contributed by atoms with Crippen LogP contribution in [-0.4, -0.2) is 19.7 Å². The lowest BCUT2D eigenvalue weighted by Crippen LogP contribution is -1.94. The van der Waals surface area contributed by atoms with Crippen molar-refractivity contribution in [2.24, 2.45) is 7.05 Å². The van der Waals surface area contributed by atoms with Crippen LogP contribution < -0.4 is 0 Å². The number of benzene rings is 1. The van der Waals surface area contributed by atoms with Crippen LogP contribution in [-0.2, 0) is 13.5 Å². The number of imidazole rings is 1. The normalized spacial score (nSPS) is 11.2. The first kappa shape index (κ1) is 10.4. The summed E-state index contributed by atoms with van der Waals surface area (Å²) in [5.74, 6) is 0.904. The topological polar surface area (TPSA) is 46.5 Å². The number of aromatic nitrogens is 4. The maximum Gasteiger partial charge on any atom is 0.113 e. The van der Waals surface area contributed by atoms with Gasteiger partial charge in [0, 0.05) is 24.7 Å². The molecule has 0 saturated heterocycles. The first-order valence-electron chi connectivity index (χ1n) is 5.33. The monoisotopic (exact) mass is 246 g/mol. The Bertz CT molecular complexity index is 668. The number of fused-ring (bicyclic) bond motifs is 1. The van der Waals surface area contributed by atoms with Gasteiger partial charge in [-0.25, -0.2) is 4.98 Å². The molecule has 86 valence electrons. The van der Waals surface area contributed by atoms with E-state index in [4.69, 9.17) is 11.6 Å². The number of nitrogens with zero attached hydrogens (tertiary/aromatic N) is 3. The largest absolute Gasteiger partial charge is 0.342 e. The van der Waals surface area contributed by atoms with Crippen molar-refractivity contribution in [1.82, 2.24) is 19.7 Å².